The molecule has 0 heterocycles. The van der Waals surface area contributed by atoms with E-state index in [9.17, 15) is 9.59 Å². The van der Waals surface area contributed by atoms with Crippen LogP contribution in [-0.2, 0) is 21.0 Å². The summed E-state index contributed by atoms with van der Waals surface area (Å²) in [5, 5.41) is 0. The van der Waals surface area contributed by atoms with Crippen LogP contribution in [0.25, 0.3) is 0 Å². The average molecular weight is 203 g/mol. The Hall–Kier alpha value is 0.410. The van der Waals surface area contributed by atoms with Gasteiger partial charge < -0.3 is 18.7 Å². The number of carbonyl (C=O) groups excluding carboxylic acids is 2. The number of rotatable bonds is 4. The van der Waals surface area contributed by atoms with E-state index in [1.165, 1.54) is 0 Å². The third-order valence-corrected chi connectivity index (χ3v) is 0.644. The predicted octanol–water partition coefficient (Wildman–Crippen LogP) is -3.45. The van der Waals surface area contributed by atoms with Crippen molar-refractivity contribution in [3.05, 3.63) is 0 Å². The fraction of sp³-hybridized carbons (Fsp3) is 0.600. The van der Waals surface area contributed by atoms with E-state index >= 15 is 0 Å². The van der Waals surface area contributed by atoms with Crippen molar-refractivity contribution in [1.29, 1.82) is 0 Å². The van der Waals surface area contributed by atoms with Crippen molar-refractivity contribution in [3.8, 4) is 0 Å². The molecule has 0 saturated carbocycles. The summed E-state index contributed by atoms with van der Waals surface area (Å²) in [5.41, 5.74) is 0. The molecule has 0 aliphatic carbocycles. The maximum Gasteiger partial charge on any atom is 1.00 e. The Morgan fingerprint density at radius 3 is 1.50 bits per heavy atom. The number of hydrogen-bond donors (Lipinski definition) is 0. The smallest absolute Gasteiger partial charge is 0.784 e. The molecular weight excluding hydrogens is 195 g/mol. The number of aldehydes is 2. The molecule has 5 nitrogen and oxygen atoms in total. The van der Waals surface area contributed by atoms with Gasteiger partial charge in [0.25, 0.3) is 0 Å². The molecule has 66 valence electrons. The molecule has 0 unspecified atom stereocenters. The Bertz CT molecular complexity index is 117. The first-order valence-corrected chi connectivity index (χ1v) is 3.79. The van der Waals surface area contributed by atoms with E-state index < -0.39 is 11.4 Å². The molecule has 0 aliphatic rings. The van der Waals surface area contributed by atoms with Crippen LogP contribution in [0.4, 0.5) is 0 Å². The molecule has 0 amide bonds. The van der Waals surface area contributed by atoms with Crippen molar-refractivity contribution in [2.45, 2.75) is 19.3 Å². The Morgan fingerprint density at radius 2 is 1.33 bits per heavy atom. The van der Waals surface area contributed by atoms with Gasteiger partial charge in [-0.05, 0) is 6.42 Å². The second-order valence-electron chi connectivity index (χ2n) is 1.47. The van der Waals surface area contributed by atoms with E-state index in [1.54, 1.807) is 0 Å². The molecule has 7 heteroatoms. The van der Waals surface area contributed by atoms with E-state index in [2.05, 4.69) is 0 Å². The molecule has 0 aromatic carbocycles. The summed E-state index contributed by atoms with van der Waals surface area (Å²) < 4.78 is 25.3. The number of carbonyl (C=O) groups is 2. The first-order valence-electron chi connectivity index (χ1n) is 2.79. The zero-order valence-corrected chi connectivity index (χ0v) is 9.54. The molecule has 0 aliphatic heterocycles. The van der Waals surface area contributed by atoms with Crippen molar-refractivity contribution in [2.75, 3.05) is 0 Å². The van der Waals surface area contributed by atoms with Gasteiger partial charge in [-0.15, -0.1) is 11.4 Å². The molecule has 0 rings (SSSR count). The van der Waals surface area contributed by atoms with E-state index in [-0.39, 0.29) is 29.6 Å². The van der Waals surface area contributed by atoms with Crippen molar-refractivity contribution in [3.63, 3.8) is 0 Å². The normalized spacial score (nSPS) is 7.58. The quantitative estimate of drug-likeness (QED) is 0.205. The fourth-order valence-electron chi connectivity index (χ4n) is 0.285. The van der Waals surface area contributed by atoms with Gasteiger partial charge in [-0.2, -0.15) is 0 Å². The van der Waals surface area contributed by atoms with E-state index in [4.69, 9.17) is 13.3 Å². The maximum absolute atomic E-state index is 9.56. The minimum Gasteiger partial charge on any atom is -0.784 e. The maximum atomic E-state index is 9.56. The van der Waals surface area contributed by atoms with Crippen LogP contribution in [0, 0.1) is 0 Å². The van der Waals surface area contributed by atoms with Gasteiger partial charge in [0.2, 0.25) is 0 Å². The topological polar surface area (TPSA) is 97.3 Å². The SMILES string of the molecule is O=CCCCC=O.O=S([O-])[O-].[Na+]. The summed E-state index contributed by atoms with van der Waals surface area (Å²) in [5.74, 6) is 0. The zero-order valence-electron chi connectivity index (χ0n) is 6.73. The molecule has 0 aromatic rings. The van der Waals surface area contributed by atoms with Gasteiger partial charge in [0.1, 0.15) is 12.6 Å². The summed E-state index contributed by atoms with van der Waals surface area (Å²) in [6, 6.07) is 0. The van der Waals surface area contributed by atoms with Crippen molar-refractivity contribution < 1.29 is 52.5 Å². The minimum atomic E-state index is -3.11. The monoisotopic (exact) mass is 203 g/mol. The molecule has 0 N–H and O–H groups in total. The Kier molecular flexibility index (Phi) is 26.6. The van der Waals surface area contributed by atoms with Gasteiger partial charge >= 0.3 is 29.6 Å². The summed E-state index contributed by atoms with van der Waals surface area (Å²) in [6.45, 7) is 0. The van der Waals surface area contributed by atoms with Gasteiger partial charge in [0.05, 0.1) is 0 Å². The van der Waals surface area contributed by atoms with E-state index in [0.29, 0.717) is 19.3 Å². The van der Waals surface area contributed by atoms with Crippen molar-refractivity contribution >= 4 is 23.9 Å². The van der Waals surface area contributed by atoms with Crippen LogP contribution in [0.1, 0.15) is 19.3 Å². The Morgan fingerprint density at radius 1 is 1.08 bits per heavy atom. The standard InChI is InChI=1S/C5H8O2.Na.H2O3S/c6-4-2-1-3-5-7;;1-4(2)3/h4-5H,1-3H2;;(H2,1,2,3)/q;+1;/p-2. The predicted molar refractivity (Wildman–Crippen MR) is 35.7 cm³/mol. The average Bonchev–Trinajstić information content (AvgIpc) is 1.88. The second-order valence-corrected chi connectivity index (χ2v) is 1.88. The van der Waals surface area contributed by atoms with Gasteiger partial charge in [-0.25, -0.2) is 0 Å². The van der Waals surface area contributed by atoms with Crippen LogP contribution < -0.4 is 29.6 Å². The van der Waals surface area contributed by atoms with Crippen LogP contribution in [0.3, 0.4) is 0 Å². The van der Waals surface area contributed by atoms with Gasteiger partial charge in [0, 0.05) is 12.8 Å². The van der Waals surface area contributed by atoms with Crippen LogP contribution in [0.15, 0.2) is 0 Å². The van der Waals surface area contributed by atoms with Gasteiger partial charge in [0.15, 0.2) is 0 Å². The fourth-order valence-corrected chi connectivity index (χ4v) is 0.285. The van der Waals surface area contributed by atoms with Gasteiger partial charge in [-0.1, -0.05) is 0 Å². The summed E-state index contributed by atoms with van der Waals surface area (Å²) in [7, 11) is 0. The molecule has 0 aromatic heterocycles. The van der Waals surface area contributed by atoms with E-state index in [1.807, 2.05) is 0 Å². The van der Waals surface area contributed by atoms with Crippen LogP contribution >= 0.6 is 0 Å². The minimum absolute atomic E-state index is 0. The van der Waals surface area contributed by atoms with Gasteiger partial charge in [-0.3, -0.25) is 4.21 Å². The third kappa shape index (κ3) is 47.4. The molecule has 12 heavy (non-hydrogen) atoms. The molecular formula is C5H8NaO5S-. The molecule has 0 spiro atoms. The van der Waals surface area contributed by atoms with Crippen LogP contribution in [0.5, 0.6) is 0 Å². The Balaban J connectivity index is -0.000000142. The number of hydrogen-bond acceptors (Lipinski definition) is 5. The third-order valence-electron chi connectivity index (χ3n) is 0.644. The molecule has 0 fully saturated rings. The van der Waals surface area contributed by atoms with Crippen molar-refractivity contribution in [2.24, 2.45) is 0 Å². The molecule has 0 saturated heterocycles. The first kappa shape index (κ1) is 18.2. The number of unbranched alkanes of at least 4 members (excludes halogenated alkanes) is 2. The molecule has 0 atom stereocenters. The van der Waals surface area contributed by atoms with Crippen LogP contribution in [-0.4, -0.2) is 25.9 Å². The summed E-state index contributed by atoms with van der Waals surface area (Å²) >= 11 is -3.11. The molecule has 0 radical (unpaired) electrons. The first-order chi connectivity index (χ1) is 5.15. The van der Waals surface area contributed by atoms with E-state index in [0.717, 1.165) is 12.6 Å². The molecule has 0 bridgehead atoms. The summed E-state index contributed by atoms with van der Waals surface area (Å²) in [4.78, 5) is 19.1. The second kappa shape index (κ2) is 17.5. The summed E-state index contributed by atoms with van der Waals surface area (Å²) in [6.07, 6.45) is 3.37. The largest absolute Gasteiger partial charge is 1.00 e. The van der Waals surface area contributed by atoms with Crippen molar-refractivity contribution in [1.82, 2.24) is 0 Å². The Labute approximate surface area is 95.3 Å². The van der Waals surface area contributed by atoms with Crippen LogP contribution in [0.2, 0.25) is 0 Å². The zero-order chi connectivity index (χ0) is 9.11.